The zero-order valence-corrected chi connectivity index (χ0v) is 10.2. The quantitative estimate of drug-likeness (QED) is 0.791. The maximum Gasteiger partial charge on any atom is 0.0960 e. The van der Waals surface area contributed by atoms with E-state index in [-0.39, 0.29) is 6.10 Å². The van der Waals surface area contributed by atoms with E-state index < -0.39 is 0 Å². The summed E-state index contributed by atoms with van der Waals surface area (Å²) in [5, 5.41) is 10.9. The second-order valence-electron chi connectivity index (χ2n) is 4.14. The third-order valence-corrected chi connectivity index (χ3v) is 3.82. The summed E-state index contributed by atoms with van der Waals surface area (Å²) in [6.45, 7) is 3.09. The highest BCUT2D eigenvalue weighted by Crippen LogP contribution is 2.16. The van der Waals surface area contributed by atoms with Crippen molar-refractivity contribution in [2.45, 2.75) is 24.0 Å². The van der Waals surface area contributed by atoms with Crippen molar-refractivity contribution < 1.29 is 5.11 Å². The van der Waals surface area contributed by atoms with Gasteiger partial charge in [0.2, 0.25) is 0 Å². The molecule has 4 heteroatoms. The molecule has 1 aliphatic rings. The van der Waals surface area contributed by atoms with E-state index in [1.54, 1.807) is 18.0 Å². The lowest BCUT2D eigenvalue weighted by atomic mass is 10.4. The van der Waals surface area contributed by atoms with Gasteiger partial charge in [-0.1, -0.05) is 6.07 Å². The van der Waals surface area contributed by atoms with Gasteiger partial charge in [0.25, 0.3) is 0 Å². The van der Waals surface area contributed by atoms with Crippen LogP contribution >= 0.6 is 11.8 Å². The van der Waals surface area contributed by atoms with Gasteiger partial charge in [0.05, 0.1) is 11.1 Å². The number of pyridine rings is 1. The molecular formula is C12H18N2OS. The van der Waals surface area contributed by atoms with Gasteiger partial charge in [0, 0.05) is 18.5 Å². The van der Waals surface area contributed by atoms with E-state index in [1.807, 2.05) is 18.2 Å². The Hall–Kier alpha value is -0.580. The van der Waals surface area contributed by atoms with E-state index in [0.717, 1.165) is 30.4 Å². The van der Waals surface area contributed by atoms with E-state index in [1.165, 1.54) is 12.8 Å². The van der Waals surface area contributed by atoms with Crippen LogP contribution in [0, 0.1) is 0 Å². The molecule has 0 aromatic carbocycles. The van der Waals surface area contributed by atoms with Gasteiger partial charge in [-0.3, -0.25) is 0 Å². The molecule has 0 spiro atoms. The molecule has 1 aliphatic heterocycles. The summed E-state index contributed by atoms with van der Waals surface area (Å²) in [6, 6.07) is 5.86. The molecule has 1 atom stereocenters. The average molecular weight is 238 g/mol. The number of aliphatic hydroxyl groups excluding tert-OH is 1. The van der Waals surface area contributed by atoms with Crippen LogP contribution in [0.25, 0.3) is 0 Å². The molecule has 1 fully saturated rings. The number of hydrogen-bond acceptors (Lipinski definition) is 4. The number of aromatic nitrogens is 1. The first-order chi connectivity index (χ1) is 7.84. The van der Waals surface area contributed by atoms with Crippen molar-refractivity contribution in [1.82, 2.24) is 9.88 Å². The SMILES string of the molecule is OC(CSc1ccccn1)CN1CCCC1. The molecule has 16 heavy (non-hydrogen) atoms. The van der Waals surface area contributed by atoms with Crippen LogP contribution in [0.2, 0.25) is 0 Å². The van der Waals surface area contributed by atoms with Gasteiger partial charge in [-0.25, -0.2) is 4.98 Å². The molecule has 1 N–H and O–H groups in total. The van der Waals surface area contributed by atoms with Crippen molar-refractivity contribution in [2.75, 3.05) is 25.4 Å². The van der Waals surface area contributed by atoms with Crippen LogP contribution in [0.4, 0.5) is 0 Å². The maximum absolute atomic E-state index is 9.88. The predicted molar refractivity (Wildman–Crippen MR) is 66.6 cm³/mol. The number of thioether (sulfide) groups is 1. The van der Waals surface area contributed by atoms with Crippen molar-refractivity contribution in [3.63, 3.8) is 0 Å². The van der Waals surface area contributed by atoms with E-state index >= 15 is 0 Å². The first kappa shape index (κ1) is 11.9. The van der Waals surface area contributed by atoms with Gasteiger partial charge < -0.3 is 10.0 Å². The number of likely N-dealkylation sites (tertiary alicyclic amines) is 1. The Bertz CT molecular complexity index is 301. The largest absolute Gasteiger partial charge is 0.391 e. The van der Waals surface area contributed by atoms with Gasteiger partial charge in [-0.05, 0) is 38.1 Å². The molecule has 0 aliphatic carbocycles. The molecule has 1 saturated heterocycles. The Kier molecular flexibility index (Phi) is 4.63. The second kappa shape index (κ2) is 6.23. The molecule has 0 radical (unpaired) electrons. The molecule has 0 saturated carbocycles. The van der Waals surface area contributed by atoms with E-state index in [4.69, 9.17) is 0 Å². The Morgan fingerprint density at radius 1 is 1.38 bits per heavy atom. The fourth-order valence-corrected chi connectivity index (χ4v) is 2.71. The summed E-state index contributed by atoms with van der Waals surface area (Å²) < 4.78 is 0. The number of β-amino-alcohol motifs (C(OH)–C–C–N with tert-alkyl or cyclic N) is 1. The predicted octanol–water partition coefficient (Wildman–Crippen LogP) is 1.63. The van der Waals surface area contributed by atoms with E-state index in [0.29, 0.717) is 0 Å². The van der Waals surface area contributed by atoms with Crippen LogP contribution in [0.15, 0.2) is 29.4 Å². The van der Waals surface area contributed by atoms with Crippen LogP contribution in [-0.4, -0.2) is 46.5 Å². The van der Waals surface area contributed by atoms with Gasteiger partial charge in [0.1, 0.15) is 0 Å². The van der Waals surface area contributed by atoms with Crippen LogP contribution < -0.4 is 0 Å². The van der Waals surface area contributed by atoms with Crippen molar-refractivity contribution in [1.29, 1.82) is 0 Å². The van der Waals surface area contributed by atoms with E-state index in [2.05, 4.69) is 9.88 Å². The third kappa shape index (κ3) is 3.77. The molecule has 1 aromatic heterocycles. The summed E-state index contributed by atoms with van der Waals surface area (Å²) in [5.41, 5.74) is 0. The lowest BCUT2D eigenvalue weighted by molar-refractivity contribution is 0.144. The monoisotopic (exact) mass is 238 g/mol. The average Bonchev–Trinajstić information content (AvgIpc) is 2.81. The lowest BCUT2D eigenvalue weighted by Gasteiger charge is -2.18. The fraction of sp³-hybridized carbons (Fsp3) is 0.583. The Balaban J connectivity index is 1.69. The normalized spacial score (nSPS) is 18.8. The first-order valence-corrected chi connectivity index (χ1v) is 6.77. The van der Waals surface area contributed by atoms with Crippen molar-refractivity contribution in [2.24, 2.45) is 0 Å². The van der Waals surface area contributed by atoms with Crippen molar-refractivity contribution in [3.8, 4) is 0 Å². The van der Waals surface area contributed by atoms with Crippen LogP contribution in [0.1, 0.15) is 12.8 Å². The van der Waals surface area contributed by atoms with Crippen LogP contribution in [-0.2, 0) is 0 Å². The molecule has 0 amide bonds. The molecule has 88 valence electrons. The van der Waals surface area contributed by atoms with Crippen molar-refractivity contribution >= 4 is 11.8 Å². The van der Waals surface area contributed by atoms with Gasteiger partial charge in [0.15, 0.2) is 0 Å². The van der Waals surface area contributed by atoms with Gasteiger partial charge in [-0.15, -0.1) is 11.8 Å². The molecule has 1 unspecified atom stereocenters. The third-order valence-electron chi connectivity index (χ3n) is 2.73. The Labute approximate surface area is 101 Å². The summed E-state index contributed by atoms with van der Waals surface area (Å²) >= 11 is 1.62. The zero-order chi connectivity index (χ0) is 11.2. The molecule has 2 rings (SSSR count). The molecule has 0 bridgehead atoms. The minimum Gasteiger partial charge on any atom is -0.391 e. The summed E-state index contributed by atoms with van der Waals surface area (Å²) in [4.78, 5) is 6.56. The Morgan fingerprint density at radius 3 is 2.88 bits per heavy atom. The lowest BCUT2D eigenvalue weighted by Crippen LogP contribution is -2.31. The second-order valence-corrected chi connectivity index (χ2v) is 5.18. The smallest absolute Gasteiger partial charge is 0.0960 e. The van der Waals surface area contributed by atoms with Gasteiger partial charge in [-0.2, -0.15) is 0 Å². The van der Waals surface area contributed by atoms with Crippen LogP contribution in [0.5, 0.6) is 0 Å². The molecule has 3 nitrogen and oxygen atoms in total. The van der Waals surface area contributed by atoms with Gasteiger partial charge >= 0.3 is 0 Å². The minimum atomic E-state index is -0.245. The van der Waals surface area contributed by atoms with Crippen molar-refractivity contribution in [3.05, 3.63) is 24.4 Å². The molecular weight excluding hydrogens is 220 g/mol. The number of rotatable bonds is 5. The highest BCUT2D eigenvalue weighted by molar-refractivity contribution is 7.99. The minimum absolute atomic E-state index is 0.245. The fourth-order valence-electron chi connectivity index (χ4n) is 1.93. The zero-order valence-electron chi connectivity index (χ0n) is 9.38. The number of aliphatic hydroxyl groups is 1. The standard InChI is InChI=1S/C12H18N2OS/c15-11(9-14-7-3-4-8-14)10-16-12-5-1-2-6-13-12/h1-2,5-6,11,15H,3-4,7-10H2. The molecule has 1 aromatic rings. The topological polar surface area (TPSA) is 36.4 Å². The highest BCUT2D eigenvalue weighted by Gasteiger charge is 2.15. The van der Waals surface area contributed by atoms with Crippen LogP contribution in [0.3, 0.4) is 0 Å². The number of hydrogen-bond donors (Lipinski definition) is 1. The summed E-state index contributed by atoms with van der Waals surface area (Å²) in [6.07, 6.45) is 4.10. The summed E-state index contributed by atoms with van der Waals surface area (Å²) in [7, 11) is 0. The summed E-state index contributed by atoms with van der Waals surface area (Å²) in [5.74, 6) is 0.730. The number of nitrogens with zero attached hydrogens (tertiary/aromatic N) is 2. The first-order valence-electron chi connectivity index (χ1n) is 5.79. The van der Waals surface area contributed by atoms with E-state index in [9.17, 15) is 5.11 Å². The highest BCUT2D eigenvalue weighted by atomic mass is 32.2. The Morgan fingerprint density at radius 2 is 2.19 bits per heavy atom. The maximum atomic E-state index is 9.88. The molecule has 2 heterocycles.